The van der Waals surface area contributed by atoms with Gasteiger partial charge in [-0.2, -0.15) is 0 Å². The van der Waals surface area contributed by atoms with Crippen LogP contribution < -0.4 is 5.32 Å². The average Bonchev–Trinajstić information content (AvgIpc) is 3.64. The highest BCUT2D eigenvalue weighted by molar-refractivity contribution is 5.76. The fourth-order valence-corrected chi connectivity index (χ4v) is 10.3. The van der Waals surface area contributed by atoms with Crippen molar-refractivity contribution in [3.8, 4) is 0 Å². The van der Waals surface area contributed by atoms with Crippen molar-refractivity contribution in [2.45, 2.75) is 312 Å². The minimum Gasteiger partial charge on any atom is -0.394 e. The molecule has 0 spiro atoms. The van der Waals surface area contributed by atoms with Crippen LogP contribution in [-0.4, -0.2) is 140 Å². The van der Waals surface area contributed by atoms with Gasteiger partial charge in [0.1, 0.15) is 48.8 Å². The molecule has 0 aromatic rings. The van der Waals surface area contributed by atoms with E-state index >= 15 is 0 Å². The summed E-state index contributed by atoms with van der Waals surface area (Å²) in [6.07, 6.45) is 57.5. The number of nitrogens with one attached hydrogen (secondary N) is 1. The molecule has 2 saturated heterocycles. The van der Waals surface area contributed by atoms with Gasteiger partial charge in [-0.3, -0.25) is 4.79 Å². The highest BCUT2D eigenvalue weighted by Gasteiger charge is 2.51. The second kappa shape index (κ2) is 53.2. The maximum Gasteiger partial charge on any atom is 0.220 e. The lowest BCUT2D eigenvalue weighted by atomic mass is 9.97. The summed E-state index contributed by atoms with van der Waals surface area (Å²) in [7, 11) is 0. The van der Waals surface area contributed by atoms with Crippen molar-refractivity contribution in [1.29, 1.82) is 0 Å². The first-order chi connectivity index (χ1) is 40.6. The van der Waals surface area contributed by atoms with Crippen LogP contribution in [0.4, 0.5) is 0 Å². The Morgan fingerprint density at radius 2 is 0.843 bits per heavy atom. The number of carbonyl (C=O) groups excluding carboxylic acids is 1. The van der Waals surface area contributed by atoms with Crippen molar-refractivity contribution in [3.63, 3.8) is 0 Å². The summed E-state index contributed by atoms with van der Waals surface area (Å²) < 4.78 is 22.8. The van der Waals surface area contributed by atoms with Gasteiger partial charge in [0, 0.05) is 6.42 Å². The summed E-state index contributed by atoms with van der Waals surface area (Å²) in [5, 5.41) is 87.1. The summed E-state index contributed by atoms with van der Waals surface area (Å²) in [5.41, 5.74) is 0. The van der Waals surface area contributed by atoms with E-state index in [9.17, 15) is 45.6 Å². The number of rotatable bonds is 52. The molecule has 0 aromatic heterocycles. The van der Waals surface area contributed by atoms with E-state index in [1.54, 1.807) is 6.08 Å². The molecule has 478 valence electrons. The Labute approximate surface area is 503 Å². The minimum atomic E-state index is -1.79. The third-order valence-electron chi connectivity index (χ3n) is 15.5. The van der Waals surface area contributed by atoms with E-state index in [0.717, 1.165) is 70.6 Å². The number of unbranched alkanes of at least 4 members (excludes halogenated alkanes) is 25. The van der Waals surface area contributed by atoms with Crippen molar-refractivity contribution < 1.29 is 64.6 Å². The van der Waals surface area contributed by atoms with Gasteiger partial charge in [0.2, 0.25) is 5.91 Å². The Balaban J connectivity index is 1.63. The molecule has 0 radical (unpaired) electrons. The zero-order valence-corrected chi connectivity index (χ0v) is 51.7. The maximum atomic E-state index is 13.3. The van der Waals surface area contributed by atoms with E-state index in [4.69, 9.17) is 18.9 Å². The summed E-state index contributed by atoms with van der Waals surface area (Å²) in [5.74, 6) is -0.252. The first-order valence-corrected chi connectivity index (χ1v) is 33.0. The molecule has 2 aliphatic heterocycles. The van der Waals surface area contributed by atoms with Gasteiger partial charge >= 0.3 is 0 Å². The fraction of sp³-hybridized carbons (Fsp3) is 0.754. The van der Waals surface area contributed by atoms with Crippen molar-refractivity contribution >= 4 is 5.91 Å². The van der Waals surface area contributed by atoms with Crippen LogP contribution >= 0.6 is 0 Å². The monoisotopic (exact) mass is 1170 g/mol. The van der Waals surface area contributed by atoms with Crippen molar-refractivity contribution in [2.24, 2.45) is 0 Å². The van der Waals surface area contributed by atoms with Crippen LogP contribution in [0.5, 0.6) is 0 Å². The summed E-state index contributed by atoms with van der Waals surface area (Å²) in [6, 6.07) is -0.935. The molecule has 0 saturated carbocycles. The topological polar surface area (TPSA) is 228 Å². The zero-order valence-electron chi connectivity index (χ0n) is 51.7. The Morgan fingerprint density at radius 3 is 1.33 bits per heavy atom. The predicted octanol–water partition coefficient (Wildman–Crippen LogP) is 12.6. The van der Waals surface area contributed by atoms with Gasteiger partial charge in [0.15, 0.2) is 12.6 Å². The smallest absolute Gasteiger partial charge is 0.220 e. The minimum absolute atomic E-state index is 0.252. The van der Waals surface area contributed by atoms with E-state index in [0.29, 0.717) is 12.8 Å². The van der Waals surface area contributed by atoms with Crippen molar-refractivity contribution in [1.82, 2.24) is 5.32 Å². The van der Waals surface area contributed by atoms with Gasteiger partial charge in [-0.05, 0) is 83.5 Å². The summed E-state index contributed by atoms with van der Waals surface area (Å²) in [6.45, 7) is 2.65. The lowest BCUT2D eigenvalue weighted by molar-refractivity contribution is -0.359. The molecule has 0 bridgehead atoms. The quantitative estimate of drug-likeness (QED) is 0.0204. The molecule has 2 aliphatic rings. The number of carbonyl (C=O) groups is 1. The van der Waals surface area contributed by atoms with E-state index in [1.165, 1.54) is 135 Å². The highest BCUT2D eigenvalue weighted by Crippen LogP contribution is 2.30. The molecule has 14 nitrogen and oxygen atoms in total. The number of allylic oxidation sites excluding steroid dienone is 15. The van der Waals surface area contributed by atoms with Gasteiger partial charge in [0.05, 0.1) is 32.0 Å². The Bertz CT molecular complexity index is 1760. The van der Waals surface area contributed by atoms with Crippen LogP contribution in [0, 0.1) is 0 Å². The first kappa shape index (κ1) is 76.0. The normalized spacial score (nSPS) is 24.5. The van der Waals surface area contributed by atoms with E-state index in [2.05, 4.69) is 104 Å². The third-order valence-corrected chi connectivity index (χ3v) is 15.5. The van der Waals surface area contributed by atoms with Crippen molar-refractivity contribution in [2.75, 3.05) is 19.8 Å². The molecule has 0 aromatic carbocycles. The molecule has 12 unspecified atom stereocenters. The Morgan fingerprint density at radius 1 is 0.446 bits per heavy atom. The molecule has 9 N–H and O–H groups in total. The van der Waals surface area contributed by atoms with Gasteiger partial charge < -0.3 is 65.1 Å². The third kappa shape index (κ3) is 37.9. The molecule has 2 heterocycles. The molecule has 2 rings (SSSR count). The number of amides is 1. The molecule has 83 heavy (non-hydrogen) atoms. The van der Waals surface area contributed by atoms with Gasteiger partial charge in [-0.1, -0.05) is 246 Å². The van der Waals surface area contributed by atoms with Crippen LogP contribution in [-0.2, 0) is 23.7 Å². The second-order valence-corrected chi connectivity index (χ2v) is 22.9. The molecular weight excluding hydrogens is 1050 g/mol. The van der Waals surface area contributed by atoms with Crippen LogP contribution in [0.2, 0.25) is 0 Å². The molecule has 12 atom stereocenters. The van der Waals surface area contributed by atoms with Crippen molar-refractivity contribution in [3.05, 3.63) is 97.2 Å². The van der Waals surface area contributed by atoms with Gasteiger partial charge in [-0.15, -0.1) is 0 Å². The van der Waals surface area contributed by atoms with Crippen LogP contribution in [0.25, 0.3) is 0 Å². The molecule has 1 amide bonds. The second-order valence-electron chi connectivity index (χ2n) is 22.9. The number of aliphatic hydroxyl groups excluding tert-OH is 8. The predicted molar refractivity (Wildman–Crippen MR) is 336 cm³/mol. The zero-order chi connectivity index (χ0) is 60.2. The maximum absolute atomic E-state index is 13.3. The van der Waals surface area contributed by atoms with Gasteiger partial charge in [-0.25, -0.2) is 0 Å². The SMILES string of the molecule is CC/C=C\C/C=C\C/C=C\C/C=C\C/C=C\C/C=C\CCCCCCCCCCCCCCCCCCC(=O)NC(COC1OC(CO)C(OC2OC(CO)C(O)C(O)C2O)C(O)C1O)C(O)/C=C/CC/C=C/CCCCCCCCCC. The number of hydrogen-bond donors (Lipinski definition) is 9. The molecule has 2 fully saturated rings. The lowest BCUT2D eigenvalue weighted by Gasteiger charge is -2.46. The number of aliphatic hydroxyl groups is 8. The fourth-order valence-electron chi connectivity index (χ4n) is 10.3. The number of ether oxygens (including phenoxy) is 4. The number of hydrogen-bond acceptors (Lipinski definition) is 13. The van der Waals surface area contributed by atoms with Crippen LogP contribution in [0.3, 0.4) is 0 Å². The van der Waals surface area contributed by atoms with E-state index in [1.807, 2.05) is 6.08 Å². The molecule has 0 aliphatic carbocycles. The largest absolute Gasteiger partial charge is 0.394 e. The van der Waals surface area contributed by atoms with E-state index in [-0.39, 0.29) is 18.9 Å². The standard InChI is InChI=1S/C69H119NO13/c1-3-5-7-9-11-13-15-17-19-20-21-22-23-24-25-26-27-28-29-30-31-32-33-34-35-36-37-38-39-41-43-45-47-49-51-53-61(74)70-57(58(73)52-50-48-46-44-42-40-18-16-14-12-10-8-6-4-2)56-80-68-66(79)64(77)67(60(55-72)82-68)83-69-65(78)63(76)62(75)59(54-71)81-69/h5,7,11,13,17,19,21-22,24-25,27-28,42,44,50,52,57-60,62-69,71-73,75-79H,3-4,6,8-10,12,14-16,18,20,23,26,29-41,43,45-49,51,53-56H2,1-2H3,(H,70,74)/b7-5-,13-11-,19-17-,22-21-,25-24-,28-27-,44-42+,52-50+. The highest BCUT2D eigenvalue weighted by atomic mass is 16.7. The lowest BCUT2D eigenvalue weighted by Crippen LogP contribution is -2.65. The average molecular weight is 1170 g/mol. The van der Waals surface area contributed by atoms with E-state index < -0.39 is 86.8 Å². The molecule has 14 heteroatoms. The molecular formula is C69H119NO13. The van der Waals surface area contributed by atoms with Crippen LogP contribution in [0.1, 0.15) is 239 Å². The Hall–Kier alpha value is -3.09. The summed E-state index contributed by atoms with van der Waals surface area (Å²) in [4.78, 5) is 13.3. The Kier molecular flexibility index (Phi) is 48.7. The summed E-state index contributed by atoms with van der Waals surface area (Å²) >= 11 is 0. The first-order valence-electron chi connectivity index (χ1n) is 33.0. The van der Waals surface area contributed by atoms with Crippen LogP contribution in [0.15, 0.2) is 97.2 Å². The van der Waals surface area contributed by atoms with Gasteiger partial charge in [0.25, 0.3) is 0 Å².